The molecule has 1 amide bonds. The van der Waals surface area contributed by atoms with Gasteiger partial charge in [0.25, 0.3) is 0 Å². The maximum absolute atomic E-state index is 12.7. The van der Waals surface area contributed by atoms with Crippen molar-refractivity contribution < 1.29 is 9.53 Å². The van der Waals surface area contributed by atoms with E-state index < -0.39 is 0 Å². The Morgan fingerprint density at radius 1 is 1.27 bits per heavy atom. The van der Waals surface area contributed by atoms with Crippen molar-refractivity contribution in [1.29, 1.82) is 0 Å². The third-order valence-corrected chi connectivity index (χ3v) is 5.75. The number of rotatable bonds is 4. The van der Waals surface area contributed by atoms with Crippen molar-refractivity contribution >= 4 is 22.9 Å². The number of hydrogen-bond donors (Lipinski definition) is 1. The molecule has 132 valence electrons. The van der Waals surface area contributed by atoms with Crippen molar-refractivity contribution in [3.8, 4) is 16.3 Å². The highest BCUT2D eigenvalue weighted by atomic mass is 32.1. The van der Waals surface area contributed by atoms with Crippen LogP contribution in [0.4, 0.5) is 5.69 Å². The summed E-state index contributed by atoms with van der Waals surface area (Å²) < 4.78 is 5.31. The summed E-state index contributed by atoms with van der Waals surface area (Å²) in [5.74, 6) is 0.667. The van der Waals surface area contributed by atoms with Crippen molar-refractivity contribution in [1.82, 2.24) is 9.97 Å². The Balaban J connectivity index is 1.50. The molecule has 5 nitrogen and oxygen atoms in total. The van der Waals surface area contributed by atoms with Crippen molar-refractivity contribution in [2.75, 3.05) is 12.4 Å². The van der Waals surface area contributed by atoms with Gasteiger partial charge in [-0.25, -0.2) is 4.98 Å². The standard InChI is InChI=1S/C20H19N3O2S/c1-25-17-7-3-2-6-15(17)22-19(24)13-8-9-16-18(11-13)26-20(23-16)14-5-4-10-21-12-14/h2-7,10,12-13H,8-9,11H2,1H3,(H,22,24). The number of nitrogens with one attached hydrogen (secondary N) is 1. The molecule has 0 fully saturated rings. The smallest absolute Gasteiger partial charge is 0.227 e. The van der Waals surface area contributed by atoms with Gasteiger partial charge in [-0.05, 0) is 43.5 Å². The molecule has 0 aliphatic heterocycles. The normalized spacial score (nSPS) is 16.0. The van der Waals surface area contributed by atoms with E-state index in [4.69, 9.17) is 9.72 Å². The molecule has 1 unspecified atom stereocenters. The Morgan fingerprint density at radius 3 is 2.96 bits per heavy atom. The minimum Gasteiger partial charge on any atom is -0.495 e. The van der Waals surface area contributed by atoms with E-state index in [1.54, 1.807) is 24.6 Å². The molecule has 1 N–H and O–H groups in total. The van der Waals surface area contributed by atoms with E-state index in [2.05, 4.69) is 10.3 Å². The number of aryl methyl sites for hydroxylation is 1. The number of aromatic nitrogens is 2. The second-order valence-electron chi connectivity index (χ2n) is 6.26. The number of hydrogen-bond acceptors (Lipinski definition) is 5. The van der Waals surface area contributed by atoms with Gasteiger partial charge in [-0.3, -0.25) is 9.78 Å². The van der Waals surface area contributed by atoms with E-state index >= 15 is 0 Å². The molecule has 1 aliphatic carbocycles. The van der Waals surface area contributed by atoms with Crippen LogP contribution in [-0.2, 0) is 17.6 Å². The highest BCUT2D eigenvalue weighted by Gasteiger charge is 2.28. The van der Waals surface area contributed by atoms with Crippen LogP contribution in [0.25, 0.3) is 10.6 Å². The molecular formula is C20H19N3O2S. The first kappa shape index (κ1) is 16.7. The van der Waals surface area contributed by atoms with Crippen LogP contribution in [0.3, 0.4) is 0 Å². The zero-order chi connectivity index (χ0) is 17.9. The molecular weight excluding hydrogens is 346 g/mol. The first-order valence-corrected chi connectivity index (χ1v) is 9.39. The van der Waals surface area contributed by atoms with Gasteiger partial charge in [-0.2, -0.15) is 0 Å². The van der Waals surface area contributed by atoms with E-state index in [0.29, 0.717) is 11.4 Å². The Hall–Kier alpha value is -2.73. The number of benzene rings is 1. The molecule has 0 radical (unpaired) electrons. The Labute approximate surface area is 156 Å². The third-order valence-electron chi connectivity index (χ3n) is 4.58. The predicted octanol–water partition coefficient (Wildman–Crippen LogP) is 3.96. The number of pyridine rings is 1. The van der Waals surface area contributed by atoms with Gasteiger partial charge in [-0.1, -0.05) is 12.1 Å². The van der Waals surface area contributed by atoms with E-state index in [0.717, 1.165) is 35.5 Å². The van der Waals surface area contributed by atoms with Gasteiger partial charge in [0.05, 0.1) is 18.5 Å². The largest absolute Gasteiger partial charge is 0.495 e. The second-order valence-corrected chi connectivity index (χ2v) is 7.34. The lowest BCUT2D eigenvalue weighted by atomic mass is 9.90. The van der Waals surface area contributed by atoms with Crippen LogP contribution in [0.2, 0.25) is 0 Å². The van der Waals surface area contributed by atoms with Crippen LogP contribution in [0.15, 0.2) is 48.8 Å². The van der Waals surface area contributed by atoms with Gasteiger partial charge in [0.2, 0.25) is 5.91 Å². The number of methoxy groups -OCH3 is 1. The summed E-state index contributed by atoms with van der Waals surface area (Å²) in [4.78, 5) is 22.9. The molecule has 0 saturated carbocycles. The quantitative estimate of drug-likeness (QED) is 0.760. The maximum Gasteiger partial charge on any atom is 0.227 e. The molecule has 2 heterocycles. The summed E-state index contributed by atoms with van der Waals surface area (Å²) in [5, 5.41) is 3.99. The highest BCUT2D eigenvalue weighted by Crippen LogP contribution is 2.35. The Morgan fingerprint density at radius 2 is 2.15 bits per heavy atom. The molecule has 1 aromatic carbocycles. The molecule has 3 aromatic rings. The third kappa shape index (κ3) is 3.32. The summed E-state index contributed by atoms with van der Waals surface area (Å²) in [5.41, 5.74) is 2.86. The van der Waals surface area contributed by atoms with Crippen molar-refractivity contribution in [2.24, 2.45) is 5.92 Å². The van der Waals surface area contributed by atoms with Gasteiger partial charge in [0, 0.05) is 28.8 Å². The van der Waals surface area contributed by atoms with Gasteiger partial charge in [0.15, 0.2) is 0 Å². The molecule has 0 spiro atoms. The minimum absolute atomic E-state index is 0.0384. The van der Waals surface area contributed by atoms with E-state index in [9.17, 15) is 4.79 Å². The van der Waals surface area contributed by atoms with Crippen molar-refractivity contribution in [3.05, 3.63) is 59.4 Å². The topological polar surface area (TPSA) is 64.1 Å². The predicted molar refractivity (Wildman–Crippen MR) is 102 cm³/mol. The fourth-order valence-corrected chi connectivity index (χ4v) is 4.37. The number of para-hydroxylation sites is 2. The lowest BCUT2D eigenvalue weighted by Crippen LogP contribution is -2.27. The van der Waals surface area contributed by atoms with Gasteiger partial charge < -0.3 is 10.1 Å². The van der Waals surface area contributed by atoms with Crippen LogP contribution in [0.5, 0.6) is 5.75 Å². The van der Waals surface area contributed by atoms with Gasteiger partial charge in [0.1, 0.15) is 10.8 Å². The number of carbonyl (C=O) groups excluding carboxylic acids is 1. The van der Waals surface area contributed by atoms with Crippen LogP contribution in [-0.4, -0.2) is 23.0 Å². The highest BCUT2D eigenvalue weighted by molar-refractivity contribution is 7.15. The summed E-state index contributed by atoms with van der Waals surface area (Å²) in [6, 6.07) is 11.4. The number of ether oxygens (including phenoxy) is 1. The minimum atomic E-state index is -0.0467. The van der Waals surface area contributed by atoms with Crippen molar-refractivity contribution in [3.63, 3.8) is 0 Å². The number of fused-ring (bicyclic) bond motifs is 1. The van der Waals surface area contributed by atoms with Crippen LogP contribution >= 0.6 is 11.3 Å². The van der Waals surface area contributed by atoms with Crippen LogP contribution in [0, 0.1) is 5.92 Å². The lowest BCUT2D eigenvalue weighted by Gasteiger charge is -2.21. The Bertz CT molecular complexity index is 924. The molecule has 4 rings (SSSR count). The first-order chi connectivity index (χ1) is 12.7. The molecule has 6 heteroatoms. The van der Waals surface area contributed by atoms with Gasteiger partial charge in [-0.15, -0.1) is 11.3 Å². The monoisotopic (exact) mass is 365 g/mol. The molecule has 1 aliphatic rings. The molecule has 26 heavy (non-hydrogen) atoms. The fourth-order valence-electron chi connectivity index (χ4n) is 3.19. The Kier molecular flexibility index (Phi) is 4.67. The van der Waals surface area contributed by atoms with Crippen LogP contribution < -0.4 is 10.1 Å². The fraction of sp³-hybridized carbons (Fsp3) is 0.250. The summed E-state index contributed by atoms with van der Waals surface area (Å²) >= 11 is 1.67. The first-order valence-electron chi connectivity index (χ1n) is 8.57. The molecule has 0 bridgehead atoms. The van der Waals surface area contributed by atoms with Crippen molar-refractivity contribution in [2.45, 2.75) is 19.3 Å². The average molecular weight is 365 g/mol. The second kappa shape index (κ2) is 7.25. The molecule has 2 aromatic heterocycles. The summed E-state index contributed by atoms with van der Waals surface area (Å²) in [6.07, 6.45) is 5.96. The molecule has 0 saturated heterocycles. The molecule has 1 atom stereocenters. The lowest BCUT2D eigenvalue weighted by molar-refractivity contribution is -0.120. The zero-order valence-electron chi connectivity index (χ0n) is 14.4. The van der Waals surface area contributed by atoms with E-state index in [-0.39, 0.29) is 11.8 Å². The number of amides is 1. The number of nitrogens with zero attached hydrogens (tertiary/aromatic N) is 2. The van der Waals surface area contributed by atoms with E-state index in [1.165, 1.54) is 4.88 Å². The maximum atomic E-state index is 12.7. The number of carbonyl (C=O) groups is 1. The number of anilines is 1. The van der Waals surface area contributed by atoms with Gasteiger partial charge >= 0.3 is 0 Å². The summed E-state index contributed by atoms with van der Waals surface area (Å²) in [7, 11) is 1.61. The number of thiazole rings is 1. The summed E-state index contributed by atoms with van der Waals surface area (Å²) in [6.45, 7) is 0. The SMILES string of the molecule is COc1ccccc1NC(=O)C1CCc2nc(-c3cccnc3)sc2C1. The zero-order valence-corrected chi connectivity index (χ0v) is 15.3. The van der Waals surface area contributed by atoms with E-state index in [1.807, 2.05) is 42.6 Å². The van der Waals surface area contributed by atoms with Crippen LogP contribution in [0.1, 0.15) is 17.0 Å². The average Bonchev–Trinajstić information content (AvgIpc) is 3.12.